The molecular formula is C29H27ClN2O3. The molecule has 4 aromatic rings. The van der Waals surface area contributed by atoms with E-state index in [0.717, 1.165) is 16.7 Å². The van der Waals surface area contributed by atoms with Crippen LogP contribution in [0.25, 0.3) is 0 Å². The number of hydrogen-bond donors (Lipinski definition) is 1. The van der Waals surface area contributed by atoms with Crippen LogP contribution in [0.4, 0.5) is 0 Å². The molecule has 0 spiro atoms. The summed E-state index contributed by atoms with van der Waals surface area (Å²) in [6.07, 6.45) is 2.13. The summed E-state index contributed by atoms with van der Waals surface area (Å²) in [4.78, 5) is 28.9. The molecule has 0 radical (unpaired) electrons. The van der Waals surface area contributed by atoms with E-state index in [1.807, 2.05) is 72.8 Å². The monoisotopic (exact) mass is 486 g/mol. The van der Waals surface area contributed by atoms with Gasteiger partial charge in [0.05, 0.1) is 19.2 Å². The van der Waals surface area contributed by atoms with Crippen LogP contribution >= 0.6 is 11.6 Å². The van der Waals surface area contributed by atoms with Gasteiger partial charge < -0.3 is 14.6 Å². The van der Waals surface area contributed by atoms with Gasteiger partial charge in [-0.05, 0) is 41.0 Å². The standard InChI is InChI=1S/C29H27ClN2O3/c30-25-15-13-23(14-16-25)19-28(33)32(21-24-10-5-2-6-11-24)27(18-22-8-3-1-4-9-22)29(34)31-20-26-12-7-17-35-26/h1-17,27H,18-21H2,(H,31,34)/t27-/m0/s1. The molecule has 3 aromatic carbocycles. The fourth-order valence-electron chi connectivity index (χ4n) is 3.92. The Labute approximate surface area is 210 Å². The molecule has 0 saturated heterocycles. The third-order valence-electron chi connectivity index (χ3n) is 5.75. The van der Waals surface area contributed by atoms with Crippen molar-refractivity contribution in [1.82, 2.24) is 10.2 Å². The number of rotatable bonds is 10. The highest BCUT2D eigenvalue weighted by atomic mass is 35.5. The molecule has 1 heterocycles. The van der Waals surface area contributed by atoms with Crippen LogP contribution in [0.5, 0.6) is 0 Å². The molecule has 0 fully saturated rings. The van der Waals surface area contributed by atoms with Crippen molar-refractivity contribution in [2.24, 2.45) is 0 Å². The van der Waals surface area contributed by atoms with Crippen molar-refractivity contribution >= 4 is 23.4 Å². The molecular weight excluding hydrogens is 460 g/mol. The van der Waals surface area contributed by atoms with Crippen LogP contribution in [0.3, 0.4) is 0 Å². The zero-order valence-electron chi connectivity index (χ0n) is 19.3. The molecule has 1 aromatic heterocycles. The fourth-order valence-corrected chi connectivity index (χ4v) is 4.04. The Morgan fingerprint density at radius 3 is 2.09 bits per heavy atom. The van der Waals surface area contributed by atoms with Crippen molar-refractivity contribution in [3.63, 3.8) is 0 Å². The van der Waals surface area contributed by atoms with E-state index in [1.165, 1.54) is 0 Å². The van der Waals surface area contributed by atoms with Crippen LogP contribution < -0.4 is 5.32 Å². The number of nitrogens with one attached hydrogen (secondary N) is 1. The third-order valence-corrected chi connectivity index (χ3v) is 6.00. The van der Waals surface area contributed by atoms with Crippen molar-refractivity contribution in [3.05, 3.63) is 131 Å². The lowest BCUT2D eigenvalue weighted by molar-refractivity contribution is -0.140. The normalized spacial score (nSPS) is 11.6. The predicted molar refractivity (Wildman–Crippen MR) is 137 cm³/mol. The van der Waals surface area contributed by atoms with Gasteiger partial charge in [0.15, 0.2) is 0 Å². The highest BCUT2D eigenvalue weighted by Gasteiger charge is 2.30. The molecule has 0 bridgehead atoms. The smallest absolute Gasteiger partial charge is 0.243 e. The van der Waals surface area contributed by atoms with Gasteiger partial charge in [-0.2, -0.15) is 0 Å². The number of carbonyl (C=O) groups excluding carboxylic acids is 2. The quantitative estimate of drug-likeness (QED) is 0.325. The van der Waals surface area contributed by atoms with Gasteiger partial charge in [0.1, 0.15) is 11.8 Å². The van der Waals surface area contributed by atoms with E-state index < -0.39 is 6.04 Å². The Morgan fingerprint density at radius 1 is 0.800 bits per heavy atom. The first-order valence-electron chi connectivity index (χ1n) is 11.5. The van der Waals surface area contributed by atoms with E-state index in [1.54, 1.807) is 35.4 Å². The molecule has 1 atom stereocenters. The summed E-state index contributed by atoms with van der Waals surface area (Å²) in [5.41, 5.74) is 2.77. The molecule has 0 saturated carbocycles. The Balaban J connectivity index is 1.63. The lowest BCUT2D eigenvalue weighted by Crippen LogP contribution is -2.50. The second-order valence-corrected chi connectivity index (χ2v) is 8.75. The fraction of sp³-hybridized carbons (Fsp3) is 0.172. The third kappa shape index (κ3) is 7.08. The van der Waals surface area contributed by atoms with Crippen LogP contribution in [0, 0.1) is 0 Å². The second-order valence-electron chi connectivity index (χ2n) is 8.31. The van der Waals surface area contributed by atoms with Gasteiger partial charge in [-0.25, -0.2) is 0 Å². The number of nitrogens with zero attached hydrogens (tertiary/aromatic N) is 1. The zero-order valence-corrected chi connectivity index (χ0v) is 20.0. The minimum absolute atomic E-state index is 0.134. The van der Waals surface area contributed by atoms with Crippen molar-refractivity contribution in [2.45, 2.75) is 32.0 Å². The molecule has 0 aliphatic heterocycles. The van der Waals surface area contributed by atoms with Crippen molar-refractivity contribution < 1.29 is 14.0 Å². The molecule has 0 aliphatic carbocycles. The summed E-state index contributed by atoms with van der Waals surface area (Å²) in [6, 6.07) is 29.5. The molecule has 2 amide bonds. The molecule has 5 nitrogen and oxygen atoms in total. The van der Waals surface area contributed by atoms with Gasteiger partial charge in [0.25, 0.3) is 0 Å². The molecule has 4 rings (SSSR count). The van der Waals surface area contributed by atoms with Crippen molar-refractivity contribution in [1.29, 1.82) is 0 Å². The van der Waals surface area contributed by atoms with Gasteiger partial charge >= 0.3 is 0 Å². The average molecular weight is 487 g/mol. The summed E-state index contributed by atoms with van der Waals surface area (Å²) in [5.74, 6) is 0.287. The maximum absolute atomic E-state index is 13.7. The van der Waals surface area contributed by atoms with Gasteiger partial charge in [-0.1, -0.05) is 84.4 Å². The predicted octanol–water partition coefficient (Wildman–Crippen LogP) is 5.43. The number of carbonyl (C=O) groups is 2. The topological polar surface area (TPSA) is 62.6 Å². The minimum Gasteiger partial charge on any atom is -0.467 e. The summed E-state index contributed by atoms with van der Waals surface area (Å²) < 4.78 is 5.37. The number of amides is 2. The van der Waals surface area contributed by atoms with Crippen LogP contribution in [0.2, 0.25) is 5.02 Å². The molecule has 0 aliphatic rings. The largest absolute Gasteiger partial charge is 0.467 e. The Hall–Kier alpha value is -3.83. The van der Waals surface area contributed by atoms with E-state index >= 15 is 0 Å². The summed E-state index contributed by atoms with van der Waals surface area (Å²) >= 11 is 6.02. The Kier molecular flexibility index (Phi) is 8.36. The average Bonchev–Trinajstić information content (AvgIpc) is 3.41. The molecule has 6 heteroatoms. The summed E-state index contributed by atoms with van der Waals surface area (Å²) in [5, 5.41) is 3.57. The van der Waals surface area contributed by atoms with E-state index in [4.69, 9.17) is 16.0 Å². The van der Waals surface area contributed by atoms with Gasteiger partial charge in [-0.3, -0.25) is 9.59 Å². The zero-order chi connectivity index (χ0) is 24.5. The maximum Gasteiger partial charge on any atom is 0.243 e. The molecule has 35 heavy (non-hydrogen) atoms. The van der Waals surface area contributed by atoms with E-state index in [0.29, 0.717) is 23.7 Å². The van der Waals surface area contributed by atoms with Crippen LogP contribution in [-0.4, -0.2) is 22.8 Å². The van der Waals surface area contributed by atoms with Crippen LogP contribution in [0.1, 0.15) is 22.5 Å². The number of benzene rings is 3. The maximum atomic E-state index is 13.7. The SMILES string of the molecule is O=C(NCc1ccco1)[C@H](Cc1ccccc1)N(Cc1ccccc1)C(=O)Cc1ccc(Cl)cc1. The Morgan fingerprint density at radius 2 is 1.46 bits per heavy atom. The first-order chi connectivity index (χ1) is 17.1. The summed E-state index contributed by atoms with van der Waals surface area (Å²) in [7, 11) is 0. The van der Waals surface area contributed by atoms with Crippen molar-refractivity contribution in [2.75, 3.05) is 0 Å². The Bertz CT molecular complexity index is 1210. The molecule has 1 N–H and O–H groups in total. The van der Waals surface area contributed by atoms with E-state index in [2.05, 4.69) is 5.32 Å². The number of furan rings is 1. The molecule has 0 unspecified atom stereocenters. The minimum atomic E-state index is -0.702. The van der Waals surface area contributed by atoms with Crippen molar-refractivity contribution in [3.8, 4) is 0 Å². The van der Waals surface area contributed by atoms with Gasteiger partial charge in [-0.15, -0.1) is 0 Å². The number of halogens is 1. The highest BCUT2D eigenvalue weighted by Crippen LogP contribution is 2.18. The van der Waals surface area contributed by atoms with Crippen LogP contribution in [-0.2, 0) is 35.5 Å². The van der Waals surface area contributed by atoms with Crippen LogP contribution in [0.15, 0.2) is 108 Å². The first-order valence-corrected chi connectivity index (χ1v) is 11.9. The van der Waals surface area contributed by atoms with Gasteiger partial charge in [0, 0.05) is 18.0 Å². The molecule has 178 valence electrons. The lowest BCUT2D eigenvalue weighted by atomic mass is 10.0. The second kappa shape index (κ2) is 12.0. The first kappa shape index (κ1) is 24.3. The number of hydrogen-bond acceptors (Lipinski definition) is 3. The van der Waals surface area contributed by atoms with E-state index in [-0.39, 0.29) is 24.8 Å². The van der Waals surface area contributed by atoms with E-state index in [9.17, 15) is 9.59 Å². The van der Waals surface area contributed by atoms with Gasteiger partial charge in [0.2, 0.25) is 11.8 Å². The lowest BCUT2D eigenvalue weighted by Gasteiger charge is -2.31. The highest BCUT2D eigenvalue weighted by molar-refractivity contribution is 6.30. The summed E-state index contributed by atoms with van der Waals surface area (Å²) in [6.45, 7) is 0.570.